The number of aryl methyl sites for hydroxylation is 1. The second kappa shape index (κ2) is 23.6. The summed E-state index contributed by atoms with van der Waals surface area (Å²) in [7, 11) is 0. The molecule has 0 aliphatic carbocycles. The summed E-state index contributed by atoms with van der Waals surface area (Å²) in [5, 5.41) is 22.8. The van der Waals surface area contributed by atoms with Gasteiger partial charge < -0.3 is 10.2 Å². The van der Waals surface area contributed by atoms with Gasteiger partial charge >= 0.3 is 0 Å². The summed E-state index contributed by atoms with van der Waals surface area (Å²) < 4.78 is 0. The minimum absolute atomic E-state index is 0.276. The van der Waals surface area contributed by atoms with E-state index in [1.54, 1.807) is 0 Å². The first-order valence-electron chi connectivity index (χ1n) is 19.4. The summed E-state index contributed by atoms with van der Waals surface area (Å²) in [4.78, 5) is 0. The maximum Gasteiger partial charge on any atom is 0.0792 e. The molecule has 0 saturated heterocycles. The Hall–Kier alpha value is -1.64. The van der Waals surface area contributed by atoms with Crippen molar-refractivity contribution >= 4 is 0 Å². The number of aliphatic hydroxyl groups is 2. The molecule has 0 aliphatic rings. The molecule has 0 aliphatic heterocycles. The summed E-state index contributed by atoms with van der Waals surface area (Å²) in [5.74, 6) is 0.659. The quantitative estimate of drug-likeness (QED) is 0.103. The minimum Gasteiger partial charge on any atom is -0.388 e. The van der Waals surface area contributed by atoms with Crippen molar-refractivity contribution in [3.63, 3.8) is 0 Å². The molecule has 0 aromatic heterocycles. The third kappa shape index (κ3) is 14.8. The molecule has 2 rings (SSSR count). The average Bonchev–Trinajstić information content (AvgIpc) is 3.04. The van der Waals surface area contributed by atoms with Gasteiger partial charge in [-0.05, 0) is 65.5 Å². The first-order chi connectivity index (χ1) is 21.8. The standard InChI is InChI=1S/C43H72O2/c1-7-10-13-16-19-22-25-39(36-29-28-35(6)40(32-36)42(44)26-23-20-17-14-11-8-2)37-30-31-38(34(4)5)41(33-37)43(45)27-24-21-18-15-12-9-3/h28-34,39,42-45H,7-27H2,1-6H3. The van der Waals surface area contributed by atoms with Crippen molar-refractivity contribution in [1.82, 2.24) is 0 Å². The van der Waals surface area contributed by atoms with Crippen LogP contribution in [0.25, 0.3) is 0 Å². The summed E-state index contributed by atoms with van der Waals surface area (Å²) in [6.07, 6.45) is 24.7. The number of hydrogen-bond acceptors (Lipinski definition) is 2. The summed E-state index contributed by atoms with van der Waals surface area (Å²) in [6.45, 7) is 13.5. The molecular weight excluding hydrogens is 548 g/mol. The first-order valence-corrected chi connectivity index (χ1v) is 19.4. The van der Waals surface area contributed by atoms with E-state index in [0.29, 0.717) is 5.92 Å². The summed E-state index contributed by atoms with van der Waals surface area (Å²) in [6, 6.07) is 13.9. The highest BCUT2D eigenvalue weighted by atomic mass is 16.3. The van der Waals surface area contributed by atoms with Gasteiger partial charge in [0.15, 0.2) is 0 Å². The molecule has 0 heterocycles. The van der Waals surface area contributed by atoms with Gasteiger partial charge in [0.1, 0.15) is 0 Å². The summed E-state index contributed by atoms with van der Waals surface area (Å²) >= 11 is 0. The molecule has 0 spiro atoms. The van der Waals surface area contributed by atoms with Crippen LogP contribution in [0.4, 0.5) is 0 Å². The molecule has 0 amide bonds. The lowest BCUT2D eigenvalue weighted by atomic mass is 9.81. The van der Waals surface area contributed by atoms with Gasteiger partial charge in [0.05, 0.1) is 12.2 Å². The molecule has 45 heavy (non-hydrogen) atoms. The number of aliphatic hydroxyl groups excluding tert-OH is 2. The number of hydrogen-bond donors (Lipinski definition) is 2. The zero-order chi connectivity index (χ0) is 32.9. The van der Waals surface area contributed by atoms with E-state index in [0.717, 1.165) is 43.2 Å². The lowest BCUT2D eigenvalue weighted by molar-refractivity contribution is 0.162. The normalized spacial score (nSPS) is 13.8. The third-order valence-corrected chi connectivity index (χ3v) is 10.1. The Balaban J connectivity index is 2.30. The van der Waals surface area contributed by atoms with Crippen LogP contribution < -0.4 is 0 Å². The molecule has 2 aromatic carbocycles. The van der Waals surface area contributed by atoms with Gasteiger partial charge in [-0.25, -0.2) is 0 Å². The van der Waals surface area contributed by atoms with Crippen LogP contribution in [0.3, 0.4) is 0 Å². The predicted octanol–water partition coefficient (Wildman–Crippen LogP) is 13.6. The van der Waals surface area contributed by atoms with E-state index in [9.17, 15) is 10.2 Å². The van der Waals surface area contributed by atoms with Gasteiger partial charge in [-0.15, -0.1) is 0 Å². The van der Waals surface area contributed by atoms with E-state index >= 15 is 0 Å². The average molecular weight is 621 g/mol. The van der Waals surface area contributed by atoms with Crippen LogP contribution in [0.5, 0.6) is 0 Å². The Morgan fingerprint density at radius 2 is 0.867 bits per heavy atom. The van der Waals surface area contributed by atoms with Gasteiger partial charge in [0.25, 0.3) is 0 Å². The van der Waals surface area contributed by atoms with Crippen molar-refractivity contribution in [2.75, 3.05) is 0 Å². The maximum absolute atomic E-state index is 11.5. The lowest BCUT2D eigenvalue weighted by Crippen LogP contribution is -2.09. The van der Waals surface area contributed by atoms with Gasteiger partial charge in [-0.2, -0.15) is 0 Å². The highest BCUT2D eigenvalue weighted by Gasteiger charge is 2.22. The Morgan fingerprint density at radius 3 is 1.36 bits per heavy atom. The van der Waals surface area contributed by atoms with E-state index in [1.807, 2.05) is 0 Å². The maximum atomic E-state index is 11.5. The van der Waals surface area contributed by atoms with Crippen molar-refractivity contribution in [2.45, 2.75) is 200 Å². The van der Waals surface area contributed by atoms with Crippen LogP contribution >= 0.6 is 0 Å². The molecular formula is C43H72O2. The van der Waals surface area contributed by atoms with Gasteiger partial charge in [-0.1, -0.05) is 187 Å². The summed E-state index contributed by atoms with van der Waals surface area (Å²) in [5.41, 5.74) is 7.37. The van der Waals surface area contributed by atoms with Crippen LogP contribution in [0, 0.1) is 6.92 Å². The molecule has 256 valence electrons. The van der Waals surface area contributed by atoms with Crippen molar-refractivity contribution < 1.29 is 10.2 Å². The predicted molar refractivity (Wildman–Crippen MR) is 197 cm³/mol. The Morgan fingerprint density at radius 1 is 0.467 bits per heavy atom. The molecule has 0 fully saturated rings. The first kappa shape index (κ1) is 39.5. The molecule has 2 N–H and O–H groups in total. The second-order valence-electron chi connectivity index (χ2n) is 14.4. The fourth-order valence-corrected chi connectivity index (χ4v) is 7.06. The van der Waals surface area contributed by atoms with E-state index < -0.39 is 12.2 Å². The Bertz CT molecular complexity index is 1020. The minimum atomic E-state index is -0.407. The highest BCUT2D eigenvalue weighted by Crippen LogP contribution is 2.37. The monoisotopic (exact) mass is 621 g/mol. The second-order valence-corrected chi connectivity index (χ2v) is 14.4. The van der Waals surface area contributed by atoms with Crippen molar-refractivity contribution in [1.29, 1.82) is 0 Å². The van der Waals surface area contributed by atoms with E-state index in [-0.39, 0.29) is 5.92 Å². The van der Waals surface area contributed by atoms with Crippen LogP contribution in [-0.4, -0.2) is 10.2 Å². The zero-order valence-corrected chi connectivity index (χ0v) is 30.5. The SMILES string of the molecule is CCCCCCCCC(O)c1cc(C(CCCCCCCC)c2ccc(C(C)C)c(C(O)CCCCCCCC)c2)ccc1C. The van der Waals surface area contributed by atoms with Gasteiger partial charge in [0, 0.05) is 5.92 Å². The zero-order valence-electron chi connectivity index (χ0n) is 30.5. The lowest BCUT2D eigenvalue weighted by Gasteiger charge is -2.25. The van der Waals surface area contributed by atoms with Crippen LogP contribution in [0.1, 0.15) is 227 Å². The number of benzene rings is 2. The molecule has 3 atom stereocenters. The topological polar surface area (TPSA) is 40.5 Å². The third-order valence-electron chi connectivity index (χ3n) is 10.1. The number of unbranched alkanes of at least 4 members (excludes halogenated alkanes) is 15. The van der Waals surface area contributed by atoms with Gasteiger partial charge in [0.2, 0.25) is 0 Å². The molecule has 2 nitrogen and oxygen atoms in total. The molecule has 3 unspecified atom stereocenters. The Kier molecular flexibility index (Phi) is 20.8. The van der Waals surface area contributed by atoms with Crippen LogP contribution in [-0.2, 0) is 0 Å². The fraction of sp³-hybridized carbons (Fsp3) is 0.721. The molecule has 0 bridgehead atoms. The largest absolute Gasteiger partial charge is 0.388 e. The Labute approximate surface area is 279 Å². The molecule has 2 heteroatoms. The fourth-order valence-electron chi connectivity index (χ4n) is 7.06. The molecule has 0 radical (unpaired) electrons. The molecule has 2 aromatic rings. The highest BCUT2D eigenvalue weighted by molar-refractivity contribution is 5.43. The number of rotatable bonds is 26. The van der Waals surface area contributed by atoms with Crippen molar-refractivity contribution in [2.24, 2.45) is 0 Å². The van der Waals surface area contributed by atoms with E-state index in [2.05, 4.69) is 77.9 Å². The van der Waals surface area contributed by atoms with E-state index in [1.165, 1.54) is 125 Å². The molecule has 0 saturated carbocycles. The van der Waals surface area contributed by atoms with Crippen molar-refractivity contribution in [3.8, 4) is 0 Å². The van der Waals surface area contributed by atoms with Crippen molar-refractivity contribution in [3.05, 3.63) is 69.8 Å². The van der Waals surface area contributed by atoms with E-state index in [4.69, 9.17) is 0 Å². The van der Waals surface area contributed by atoms with Crippen LogP contribution in [0.2, 0.25) is 0 Å². The van der Waals surface area contributed by atoms with Crippen LogP contribution in [0.15, 0.2) is 36.4 Å². The van der Waals surface area contributed by atoms with Gasteiger partial charge in [-0.3, -0.25) is 0 Å². The smallest absolute Gasteiger partial charge is 0.0792 e.